The Kier molecular flexibility index (Phi) is 4.19. The van der Waals surface area contributed by atoms with Crippen molar-refractivity contribution in [2.24, 2.45) is 5.41 Å². The molecule has 0 aliphatic carbocycles. The van der Waals surface area contributed by atoms with Gasteiger partial charge in [0.05, 0.1) is 10.4 Å². The fraction of sp³-hybridized carbons (Fsp3) is 0.538. The molecule has 0 aromatic carbocycles. The number of pyridine rings is 1. The Morgan fingerprint density at radius 1 is 1.67 bits per heavy atom. The summed E-state index contributed by atoms with van der Waals surface area (Å²) in [6, 6.07) is 3.47. The van der Waals surface area contributed by atoms with E-state index in [0.29, 0.717) is 10.8 Å². The number of anilines is 1. The molecule has 1 aliphatic heterocycles. The highest BCUT2D eigenvalue weighted by molar-refractivity contribution is 6.33. The summed E-state index contributed by atoms with van der Waals surface area (Å²) in [4.78, 5) is 16.5. The Hall–Kier alpha value is -1.13. The van der Waals surface area contributed by atoms with Crippen molar-refractivity contribution in [2.45, 2.75) is 26.2 Å². The number of halogens is 1. The van der Waals surface area contributed by atoms with Crippen LogP contribution in [0.3, 0.4) is 0 Å². The van der Waals surface area contributed by atoms with Crippen LogP contribution in [0.1, 0.15) is 26.2 Å². The van der Waals surface area contributed by atoms with E-state index in [-0.39, 0.29) is 11.3 Å². The van der Waals surface area contributed by atoms with Gasteiger partial charge in [-0.05, 0) is 37.9 Å². The SMILES string of the molecule is CCC1(C(=O)Nc2ncccc2Cl)CCCNC1. The van der Waals surface area contributed by atoms with Crippen LogP contribution >= 0.6 is 11.6 Å². The second-order valence-corrected chi connectivity index (χ2v) is 5.11. The van der Waals surface area contributed by atoms with Gasteiger partial charge in [-0.1, -0.05) is 18.5 Å². The number of hydrogen-bond acceptors (Lipinski definition) is 3. The summed E-state index contributed by atoms with van der Waals surface area (Å²) in [7, 11) is 0. The van der Waals surface area contributed by atoms with Gasteiger partial charge in [-0.3, -0.25) is 4.79 Å². The molecule has 0 saturated carbocycles. The predicted octanol–water partition coefficient (Wildman–Crippen LogP) is 2.45. The lowest BCUT2D eigenvalue weighted by atomic mass is 9.77. The number of carbonyl (C=O) groups is 1. The zero-order valence-corrected chi connectivity index (χ0v) is 11.3. The van der Waals surface area contributed by atoms with Crippen LogP contribution < -0.4 is 10.6 Å². The molecule has 18 heavy (non-hydrogen) atoms. The first-order valence-corrected chi connectivity index (χ1v) is 6.68. The van der Waals surface area contributed by atoms with E-state index in [2.05, 4.69) is 15.6 Å². The molecule has 1 aliphatic rings. The van der Waals surface area contributed by atoms with Crippen molar-refractivity contribution >= 4 is 23.3 Å². The van der Waals surface area contributed by atoms with Gasteiger partial charge < -0.3 is 10.6 Å². The molecule has 0 radical (unpaired) electrons. The molecule has 4 nitrogen and oxygen atoms in total. The van der Waals surface area contributed by atoms with E-state index in [0.717, 1.165) is 32.4 Å². The first-order valence-electron chi connectivity index (χ1n) is 6.31. The predicted molar refractivity (Wildman–Crippen MR) is 72.7 cm³/mol. The summed E-state index contributed by atoms with van der Waals surface area (Å²) < 4.78 is 0. The van der Waals surface area contributed by atoms with Crippen LogP contribution in [0.15, 0.2) is 18.3 Å². The van der Waals surface area contributed by atoms with Crippen LogP contribution in [-0.4, -0.2) is 24.0 Å². The van der Waals surface area contributed by atoms with Crippen molar-refractivity contribution in [2.75, 3.05) is 18.4 Å². The largest absolute Gasteiger partial charge is 0.316 e. The minimum atomic E-state index is -0.334. The van der Waals surface area contributed by atoms with Crippen molar-refractivity contribution in [3.63, 3.8) is 0 Å². The summed E-state index contributed by atoms with van der Waals surface area (Å²) in [5, 5.41) is 6.62. The lowest BCUT2D eigenvalue weighted by Gasteiger charge is -2.35. The Labute approximate surface area is 112 Å². The highest BCUT2D eigenvalue weighted by Gasteiger charge is 2.38. The summed E-state index contributed by atoms with van der Waals surface area (Å²) in [5.74, 6) is 0.459. The standard InChI is InChI=1S/C13H18ClN3O/c1-2-13(6-4-7-15-9-13)12(18)17-11-10(14)5-3-8-16-11/h3,5,8,15H,2,4,6-7,9H2,1H3,(H,16,17,18). The maximum absolute atomic E-state index is 12.4. The van der Waals surface area contributed by atoms with Crippen molar-refractivity contribution in [1.82, 2.24) is 10.3 Å². The second-order valence-electron chi connectivity index (χ2n) is 4.70. The Bertz CT molecular complexity index is 430. The Morgan fingerprint density at radius 2 is 2.50 bits per heavy atom. The lowest BCUT2D eigenvalue weighted by Crippen LogP contribution is -2.47. The van der Waals surface area contributed by atoms with Gasteiger partial charge >= 0.3 is 0 Å². The van der Waals surface area contributed by atoms with E-state index < -0.39 is 0 Å². The van der Waals surface area contributed by atoms with Crippen LogP contribution in [-0.2, 0) is 4.79 Å². The highest BCUT2D eigenvalue weighted by atomic mass is 35.5. The number of nitrogens with zero attached hydrogens (tertiary/aromatic N) is 1. The lowest BCUT2D eigenvalue weighted by molar-refractivity contribution is -0.126. The third-order valence-electron chi connectivity index (χ3n) is 3.62. The van der Waals surface area contributed by atoms with Crippen LogP contribution in [0.25, 0.3) is 0 Å². The van der Waals surface area contributed by atoms with Crippen LogP contribution in [0, 0.1) is 5.41 Å². The molecule has 1 aromatic rings. The highest BCUT2D eigenvalue weighted by Crippen LogP contribution is 2.32. The van der Waals surface area contributed by atoms with Crippen molar-refractivity contribution in [1.29, 1.82) is 0 Å². The molecule has 2 N–H and O–H groups in total. The molecular weight excluding hydrogens is 250 g/mol. The first kappa shape index (κ1) is 13.3. The fourth-order valence-corrected chi connectivity index (χ4v) is 2.51. The summed E-state index contributed by atoms with van der Waals surface area (Å²) in [5.41, 5.74) is -0.334. The zero-order chi connectivity index (χ0) is 13.0. The average Bonchev–Trinajstić information content (AvgIpc) is 2.42. The number of nitrogens with one attached hydrogen (secondary N) is 2. The smallest absolute Gasteiger partial charge is 0.233 e. The van der Waals surface area contributed by atoms with Gasteiger partial charge in [-0.2, -0.15) is 0 Å². The summed E-state index contributed by atoms with van der Waals surface area (Å²) in [6.45, 7) is 3.76. The molecule has 2 rings (SSSR count). The van der Waals surface area contributed by atoms with E-state index in [4.69, 9.17) is 11.6 Å². The van der Waals surface area contributed by atoms with Gasteiger partial charge in [0.25, 0.3) is 0 Å². The molecule has 1 saturated heterocycles. The zero-order valence-electron chi connectivity index (χ0n) is 10.5. The van der Waals surface area contributed by atoms with E-state index in [1.165, 1.54) is 0 Å². The van der Waals surface area contributed by atoms with Gasteiger partial charge in [0, 0.05) is 12.7 Å². The molecule has 1 amide bonds. The molecule has 1 unspecified atom stereocenters. The molecule has 1 aromatic heterocycles. The van der Waals surface area contributed by atoms with Crippen molar-refractivity contribution in [3.8, 4) is 0 Å². The number of hydrogen-bond donors (Lipinski definition) is 2. The number of amides is 1. The molecule has 2 heterocycles. The molecule has 0 bridgehead atoms. The summed E-state index contributed by atoms with van der Waals surface area (Å²) >= 11 is 6.00. The molecular formula is C13H18ClN3O. The van der Waals surface area contributed by atoms with Gasteiger partial charge in [0.15, 0.2) is 5.82 Å². The fourth-order valence-electron chi connectivity index (χ4n) is 2.34. The third kappa shape index (κ3) is 2.65. The quantitative estimate of drug-likeness (QED) is 0.885. The Balaban J connectivity index is 2.13. The van der Waals surface area contributed by atoms with Gasteiger partial charge in [-0.15, -0.1) is 0 Å². The maximum Gasteiger partial charge on any atom is 0.233 e. The van der Waals surface area contributed by atoms with E-state index >= 15 is 0 Å². The Morgan fingerprint density at radius 3 is 3.11 bits per heavy atom. The van der Waals surface area contributed by atoms with Gasteiger partial charge in [-0.25, -0.2) is 4.98 Å². The monoisotopic (exact) mass is 267 g/mol. The third-order valence-corrected chi connectivity index (χ3v) is 3.93. The van der Waals surface area contributed by atoms with Gasteiger partial charge in [0.2, 0.25) is 5.91 Å². The minimum absolute atomic E-state index is 0.0119. The second kappa shape index (κ2) is 5.67. The molecule has 1 fully saturated rings. The topological polar surface area (TPSA) is 54.0 Å². The number of piperidine rings is 1. The summed E-state index contributed by atoms with van der Waals surface area (Å²) in [6.07, 6.45) is 4.37. The van der Waals surface area contributed by atoms with Crippen LogP contribution in [0.5, 0.6) is 0 Å². The minimum Gasteiger partial charge on any atom is -0.316 e. The van der Waals surface area contributed by atoms with E-state index in [1.54, 1.807) is 18.3 Å². The average molecular weight is 268 g/mol. The number of rotatable bonds is 3. The number of aromatic nitrogens is 1. The van der Waals surface area contributed by atoms with Crippen LogP contribution in [0.2, 0.25) is 5.02 Å². The maximum atomic E-state index is 12.4. The van der Waals surface area contributed by atoms with Crippen molar-refractivity contribution < 1.29 is 4.79 Å². The molecule has 98 valence electrons. The van der Waals surface area contributed by atoms with E-state index in [9.17, 15) is 4.79 Å². The first-order chi connectivity index (χ1) is 8.68. The van der Waals surface area contributed by atoms with E-state index in [1.807, 2.05) is 6.92 Å². The molecule has 5 heteroatoms. The molecule has 0 spiro atoms. The molecule has 1 atom stereocenters. The number of carbonyl (C=O) groups excluding carboxylic acids is 1. The van der Waals surface area contributed by atoms with Gasteiger partial charge in [0.1, 0.15) is 0 Å². The van der Waals surface area contributed by atoms with Crippen molar-refractivity contribution in [3.05, 3.63) is 23.4 Å². The van der Waals surface area contributed by atoms with Crippen LogP contribution in [0.4, 0.5) is 5.82 Å². The normalized spacial score (nSPS) is 23.7.